The van der Waals surface area contributed by atoms with Gasteiger partial charge in [0.1, 0.15) is 0 Å². The molecule has 0 radical (unpaired) electrons. The quantitative estimate of drug-likeness (QED) is 0.671. The molecule has 1 saturated heterocycles. The lowest BCUT2D eigenvalue weighted by Gasteiger charge is -2.28. The van der Waals surface area contributed by atoms with Crippen LogP contribution in [-0.2, 0) is 4.79 Å². The average Bonchev–Trinajstić information content (AvgIpc) is 3.23. The number of aromatic nitrogens is 2. The summed E-state index contributed by atoms with van der Waals surface area (Å²) >= 11 is 1.43. The van der Waals surface area contributed by atoms with E-state index in [1.165, 1.54) is 11.3 Å². The number of likely N-dealkylation sites (tertiary alicyclic amines) is 1. The van der Waals surface area contributed by atoms with E-state index in [1.54, 1.807) is 0 Å². The van der Waals surface area contributed by atoms with Crippen molar-refractivity contribution in [2.24, 2.45) is 0 Å². The number of anilines is 1. The van der Waals surface area contributed by atoms with Gasteiger partial charge in [-0.2, -0.15) is 0 Å². The zero-order valence-corrected chi connectivity index (χ0v) is 14.6. The first-order chi connectivity index (χ1) is 12.2. The van der Waals surface area contributed by atoms with Crippen LogP contribution >= 0.6 is 11.3 Å². The summed E-state index contributed by atoms with van der Waals surface area (Å²) in [4.78, 5) is 22.1. The van der Waals surface area contributed by atoms with E-state index in [2.05, 4.69) is 26.3 Å². The van der Waals surface area contributed by atoms with Gasteiger partial charge in [-0.05, 0) is 18.9 Å². The Morgan fingerprint density at radius 2 is 2.16 bits per heavy atom. The van der Waals surface area contributed by atoms with Crippen LogP contribution in [0.2, 0.25) is 0 Å². The van der Waals surface area contributed by atoms with Crippen molar-refractivity contribution in [1.29, 1.82) is 0 Å². The maximum atomic E-state index is 12.2. The van der Waals surface area contributed by atoms with E-state index < -0.39 is 0 Å². The molecule has 1 aliphatic heterocycles. The number of amides is 1. The summed E-state index contributed by atoms with van der Waals surface area (Å²) in [5.74, 6) is -0.0591. The van der Waals surface area contributed by atoms with Crippen molar-refractivity contribution in [1.82, 2.24) is 14.9 Å². The Hall–Kier alpha value is -2.22. The number of aromatic amines is 1. The van der Waals surface area contributed by atoms with Gasteiger partial charge in [-0.15, -0.1) is 11.3 Å². The molecule has 1 aliphatic rings. The average molecular weight is 356 g/mol. The summed E-state index contributed by atoms with van der Waals surface area (Å²) in [6, 6.07) is 8.09. The second kappa shape index (κ2) is 6.95. The Morgan fingerprint density at radius 3 is 3.00 bits per heavy atom. The van der Waals surface area contributed by atoms with Crippen LogP contribution in [0.25, 0.3) is 22.2 Å². The van der Waals surface area contributed by atoms with Crippen molar-refractivity contribution < 1.29 is 9.90 Å². The van der Waals surface area contributed by atoms with Gasteiger partial charge in [0.25, 0.3) is 0 Å². The molecule has 25 heavy (non-hydrogen) atoms. The summed E-state index contributed by atoms with van der Waals surface area (Å²) in [5.41, 5.74) is 2.97. The number of nitrogens with zero attached hydrogens (tertiary/aromatic N) is 2. The SMILES string of the molecule is O=C(CN1CCC(O)CC1)Nc1nc(-c2c[nH]c3ccccc23)cs1. The van der Waals surface area contributed by atoms with Crippen LogP contribution < -0.4 is 5.32 Å². The Kier molecular flexibility index (Phi) is 4.52. The predicted molar refractivity (Wildman–Crippen MR) is 99.7 cm³/mol. The molecule has 0 unspecified atom stereocenters. The summed E-state index contributed by atoms with van der Waals surface area (Å²) in [6.07, 6.45) is 3.19. The molecule has 3 heterocycles. The van der Waals surface area contributed by atoms with Crippen LogP contribution in [-0.4, -0.2) is 51.6 Å². The third kappa shape index (κ3) is 3.58. The largest absolute Gasteiger partial charge is 0.393 e. The van der Waals surface area contributed by atoms with Gasteiger partial charge in [-0.1, -0.05) is 18.2 Å². The van der Waals surface area contributed by atoms with Gasteiger partial charge in [0.05, 0.1) is 18.3 Å². The van der Waals surface area contributed by atoms with Gasteiger partial charge < -0.3 is 15.4 Å². The molecule has 0 bridgehead atoms. The number of H-pyrrole nitrogens is 1. The number of hydrogen-bond acceptors (Lipinski definition) is 5. The fourth-order valence-electron chi connectivity index (χ4n) is 3.18. The maximum Gasteiger partial charge on any atom is 0.240 e. The van der Waals surface area contributed by atoms with Crippen LogP contribution in [0.15, 0.2) is 35.8 Å². The highest BCUT2D eigenvalue weighted by Crippen LogP contribution is 2.30. The van der Waals surface area contributed by atoms with E-state index in [0.29, 0.717) is 11.7 Å². The van der Waals surface area contributed by atoms with Crippen LogP contribution in [0.1, 0.15) is 12.8 Å². The molecule has 0 aliphatic carbocycles. The number of piperidine rings is 1. The maximum absolute atomic E-state index is 12.2. The standard InChI is InChI=1S/C18H20N4O2S/c23-12-5-7-22(8-6-12)10-17(24)21-18-20-16(11-25-18)14-9-19-15-4-2-1-3-13(14)15/h1-4,9,11-12,19,23H,5-8,10H2,(H,20,21,24). The molecule has 1 amide bonds. The summed E-state index contributed by atoms with van der Waals surface area (Å²) in [5, 5.41) is 16.1. The van der Waals surface area contributed by atoms with E-state index in [1.807, 2.05) is 29.8 Å². The number of carbonyl (C=O) groups excluding carboxylic acids is 1. The third-order valence-corrected chi connectivity index (χ3v) is 5.30. The molecule has 0 saturated carbocycles. The molecular weight excluding hydrogens is 336 g/mol. The number of carbonyl (C=O) groups is 1. The molecule has 6 nitrogen and oxygen atoms in total. The topological polar surface area (TPSA) is 81.2 Å². The molecule has 1 aromatic carbocycles. The molecule has 4 rings (SSSR count). The summed E-state index contributed by atoms with van der Waals surface area (Å²) in [7, 11) is 0. The van der Waals surface area contributed by atoms with Crippen molar-refractivity contribution in [2.75, 3.05) is 25.0 Å². The Labute approximate surface area is 149 Å². The van der Waals surface area contributed by atoms with Gasteiger partial charge in [0.2, 0.25) is 5.91 Å². The van der Waals surface area contributed by atoms with E-state index in [4.69, 9.17) is 0 Å². The molecular formula is C18H20N4O2S. The molecule has 0 spiro atoms. The van der Waals surface area contributed by atoms with E-state index >= 15 is 0 Å². The lowest BCUT2D eigenvalue weighted by atomic mass is 10.1. The summed E-state index contributed by atoms with van der Waals surface area (Å²) < 4.78 is 0. The Bertz CT molecular complexity index is 880. The first kappa shape index (κ1) is 16.3. The number of benzene rings is 1. The van der Waals surface area contributed by atoms with Crippen LogP contribution in [0.3, 0.4) is 0 Å². The number of nitrogens with one attached hydrogen (secondary N) is 2. The van der Waals surface area contributed by atoms with E-state index in [0.717, 1.165) is 48.1 Å². The van der Waals surface area contributed by atoms with Crippen LogP contribution in [0.4, 0.5) is 5.13 Å². The Balaban J connectivity index is 1.42. The van der Waals surface area contributed by atoms with Crippen LogP contribution in [0.5, 0.6) is 0 Å². The minimum absolute atomic E-state index is 0.0591. The lowest BCUT2D eigenvalue weighted by molar-refractivity contribution is -0.117. The minimum Gasteiger partial charge on any atom is -0.393 e. The number of para-hydroxylation sites is 1. The van der Waals surface area contributed by atoms with Gasteiger partial charge in [-0.3, -0.25) is 9.69 Å². The first-order valence-corrected chi connectivity index (χ1v) is 9.29. The second-order valence-electron chi connectivity index (χ2n) is 6.34. The minimum atomic E-state index is -0.225. The monoisotopic (exact) mass is 356 g/mol. The van der Waals surface area contributed by atoms with Crippen molar-refractivity contribution >= 4 is 33.3 Å². The van der Waals surface area contributed by atoms with E-state index in [9.17, 15) is 9.90 Å². The highest BCUT2D eigenvalue weighted by atomic mass is 32.1. The van der Waals surface area contributed by atoms with Gasteiger partial charge in [0.15, 0.2) is 5.13 Å². The Morgan fingerprint density at radius 1 is 1.36 bits per heavy atom. The van der Waals surface area contributed by atoms with Gasteiger partial charge in [-0.25, -0.2) is 4.98 Å². The lowest BCUT2D eigenvalue weighted by Crippen LogP contribution is -2.40. The normalized spacial score (nSPS) is 16.4. The van der Waals surface area contributed by atoms with E-state index in [-0.39, 0.29) is 12.0 Å². The van der Waals surface area contributed by atoms with Gasteiger partial charge in [0, 0.05) is 41.1 Å². The molecule has 2 aromatic heterocycles. The van der Waals surface area contributed by atoms with Crippen molar-refractivity contribution in [3.8, 4) is 11.3 Å². The number of hydrogen-bond donors (Lipinski definition) is 3. The summed E-state index contributed by atoms with van der Waals surface area (Å²) in [6.45, 7) is 1.86. The molecule has 0 atom stereocenters. The molecule has 3 aromatic rings. The molecule has 130 valence electrons. The van der Waals surface area contributed by atoms with Gasteiger partial charge >= 0.3 is 0 Å². The number of aliphatic hydroxyl groups is 1. The van der Waals surface area contributed by atoms with Crippen LogP contribution in [0, 0.1) is 0 Å². The van der Waals surface area contributed by atoms with Crippen molar-refractivity contribution in [3.05, 3.63) is 35.8 Å². The highest BCUT2D eigenvalue weighted by Gasteiger charge is 2.19. The zero-order chi connectivity index (χ0) is 17.2. The molecule has 7 heteroatoms. The first-order valence-electron chi connectivity index (χ1n) is 8.41. The molecule has 1 fully saturated rings. The fourth-order valence-corrected chi connectivity index (χ4v) is 3.90. The number of aliphatic hydroxyl groups excluding tert-OH is 1. The fraction of sp³-hybridized carbons (Fsp3) is 0.333. The second-order valence-corrected chi connectivity index (χ2v) is 7.20. The number of thiazole rings is 1. The predicted octanol–water partition coefficient (Wildman–Crippen LogP) is 2.69. The van der Waals surface area contributed by atoms with Crippen molar-refractivity contribution in [2.45, 2.75) is 18.9 Å². The highest BCUT2D eigenvalue weighted by molar-refractivity contribution is 7.14. The molecule has 3 N–H and O–H groups in total. The zero-order valence-electron chi connectivity index (χ0n) is 13.7. The third-order valence-electron chi connectivity index (χ3n) is 4.54. The van der Waals surface area contributed by atoms with Crippen molar-refractivity contribution in [3.63, 3.8) is 0 Å². The smallest absolute Gasteiger partial charge is 0.240 e. The number of rotatable bonds is 4. The number of fused-ring (bicyclic) bond motifs is 1.